The fourth-order valence-corrected chi connectivity index (χ4v) is 5.33. The van der Waals surface area contributed by atoms with Crippen molar-refractivity contribution in [2.75, 3.05) is 0 Å². The number of benzene rings is 4. The van der Waals surface area contributed by atoms with E-state index in [9.17, 15) is 45.3 Å². The number of aliphatic hydroxyl groups is 1. The molecule has 0 aliphatic carbocycles. The van der Waals surface area contributed by atoms with E-state index in [-0.39, 0.29) is 45.4 Å². The number of Topliss-reactive ketones (excluding diaryl/α,β-unsaturated/α-hetero) is 2. The molecule has 0 bridgehead atoms. The molecule has 0 unspecified atom stereocenters. The summed E-state index contributed by atoms with van der Waals surface area (Å²) in [6.45, 7) is 0. The van der Waals surface area contributed by atoms with Crippen LogP contribution in [0.2, 0.25) is 0 Å². The van der Waals surface area contributed by atoms with Gasteiger partial charge in [-0.05, 0) is 35.4 Å². The SMILES string of the molecule is O=C1c2c(O)cc(O)c([C@H]3C(=O)c4c(O)cc(O)cc4O[C@@H]3c3ccc(O)cc3)c2O[C@@H](c2ccc(O)cc2)[C@@H]1O. The van der Waals surface area contributed by atoms with Crippen LogP contribution >= 0.6 is 0 Å². The number of aliphatic hydroxyl groups excluding tert-OH is 1. The molecule has 2 heterocycles. The molecule has 41 heavy (non-hydrogen) atoms. The minimum Gasteiger partial charge on any atom is -0.508 e. The predicted molar refractivity (Wildman–Crippen MR) is 140 cm³/mol. The van der Waals surface area contributed by atoms with E-state index >= 15 is 0 Å². The summed E-state index contributed by atoms with van der Waals surface area (Å²) in [5, 5.41) is 72.7. The first kappa shape index (κ1) is 25.8. The number of hydrogen-bond acceptors (Lipinski definition) is 11. The molecule has 0 radical (unpaired) electrons. The van der Waals surface area contributed by atoms with Gasteiger partial charge in [0.2, 0.25) is 5.78 Å². The summed E-state index contributed by atoms with van der Waals surface area (Å²) in [7, 11) is 0. The van der Waals surface area contributed by atoms with Crippen LogP contribution in [0.1, 0.15) is 55.5 Å². The average molecular weight is 558 g/mol. The van der Waals surface area contributed by atoms with Crippen molar-refractivity contribution in [2.45, 2.75) is 24.2 Å². The van der Waals surface area contributed by atoms with Crippen LogP contribution in [-0.2, 0) is 0 Å². The van der Waals surface area contributed by atoms with Crippen molar-refractivity contribution in [2.24, 2.45) is 0 Å². The van der Waals surface area contributed by atoms with Gasteiger partial charge >= 0.3 is 0 Å². The van der Waals surface area contributed by atoms with Crippen molar-refractivity contribution < 1.29 is 54.8 Å². The Morgan fingerprint density at radius 3 is 1.73 bits per heavy atom. The number of ether oxygens (including phenoxy) is 2. The summed E-state index contributed by atoms with van der Waals surface area (Å²) in [5.74, 6) is -6.19. The van der Waals surface area contributed by atoms with Gasteiger partial charge in [0.1, 0.15) is 63.2 Å². The lowest BCUT2D eigenvalue weighted by Gasteiger charge is -2.37. The van der Waals surface area contributed by atoms with Crippen LogP contribution in [0.15, 0.2) is 66.7 Å². The maximum atomic E-state index is 14.1. The highest BCUT2D eigenvalue weighted by Crippen LogP contribution is 2.55. The van der Waals surface area contributed by atoms with Gasteiger partial charge in [-0.15, -0.1) is 0 Å². The van der Waals surface area contributed by atoms with Gasteiger partial charge in [0.05, 0.1) is 11.5 Å². The third-order valence-corrected chi connectivity index (χ3v) is 7.23. The largest absolute Gasteiger partial charge is 0.508 e. The molecule has 7 N–H and O–H groups in total. The van der Waals surface area contributed by atoms with Gasteiger partial charge in [-0.25, -0.2) is 0 Å². The van der Waals surface area contributed by atoms with Crippen LogP contribution < -0.4 is 9.47 Å². The van der Waals surface area contributed by atoms with Crippen molar-refractivity contribution >= 4 is 11.6 Å². The van der Waals surface area contributed by atoms with Crippen LogP contribution in [0.4, 0.5) is 0 Å². The standard InChI is InChI=1S/C30H22O11/c31-14-5-1-12(2-6-14)28-24(25(37)21-17(34)9-16(33)10-20(21)40-28)22-18(35)11-19(36)23-26(38)27(39)29(41-30(22)23)13-3-7-15(32)8-4-13/h1-11,24,27-29,31-36,39H/t24-,27+,28+,29-/m0/s1. The number of aromatic hydroxyl groups is 6. The van der Waals surface area contributed by atoms with E-state index in [0.717, 1.165) is 18.2 Å². The average Bonchev–Trinajstić information content (AvgIpc) is 2.92. The van der Waals surface area contributed by atoms with Gasteiger partial charge in [-0.1, -0.05) is 24.3 Å². The number of hydrogen-bond donors (Lipinski definition) is 7. The maximum Gasteiger partial charge on any atom is 0.202 e. The molecule has 11 heteroatoms. The van der Waals surface area contributed by atoms with Crippen LogP contribution in [-0.4, -0.2) is 53.4 Å². The molecule has 2 aliphatic rings. The third kappa shape index (κ3) is 4.10. The Morgan fingerprint density at radius 1 is 0.561 bits per heavy atom. The Morgan fingerprint density at radius 2 is 1.12 bits per heavy atom. The fraction of sp³-hybridized carbons (Fsp3) is 0.133. The van der Waals surface area contributed by atoms with E-state index in [2.05, 4.69) is 0 Å². The molecule has 0 saturated carbocycles. The molecule has 4 aromatic carbocycles. The monoisotopic (exact) mass is 558 g/mol. The Bertz CT molecular complexity index is 1710. The highest BCUT2D eigenvalue weighted by molar-refractivity contribution is 6.10. The van der Waals surface area contributed by atoms with Gasteiger partial charge in [-0.3, -0.25) is 9.59 Å². The lowest BCUT2D eigenvalue weighted by atomic mass is 9.78. The Hall–Kier alpha value is -5.42. The van der Waals surface area contributed by atoms with E-state index in [4.69, 9.17) is 9.47 Å². The first-order valence-electron chi connectivity index (χ1n) is 12.4. The normalized spacial score (nSPS) is 21.4. The molecule has 4 aromatic rings. The molecule has 4 atom stereocenters. The maximum absolute atomic E-state index is 14.1. The zero-order chi connectivity index (χ0) is 29.2. The number of carbonyl (C=O) groups is 2. The Labute approximate surface area is 231 Å². The highest BCUT2D eigenvalue weighted by Gasteiger charge is 2.48. The first-order valence-corrected chi connectivity index (χ1v) is 12.4. The lowest BCUT2D eigenvalue weighted by molar-refractivity contribution is 0.0197. The number of fused-ring (bicyclic) bond motifs is 2. The first-order chi connectivity index (χ1) is 19.5. The van der Waals surface area contributed by atoms with Crippen molar-refractivity contribution in [1.29, 1.82) is 0 Å². The van der Waals surface area contributed by atoms with Crippen LogP contribution in [0, 0.1) is 0 Å². The highest BCUT2D eigenvalue weighted by atomic mass is 16.5. The topological polar surface area (TPSA) is 194 Å². The van der Waals surface area contributed by atoms with Gasteiger partial charge in [0, 0.05) is 18.2 Å². The number of carbonyl (C=O) groups excluding carboxylic acids is 2. The molecular formula is C30H22O11. The van der Waals surface area contributed by atoms with E-state index in [1.54, 1.807) is 0 Å². The molecule has 0 aromatic heterocycles. The fourth-order valence-electron chi connectivity index (χ4n) is 5.33. The van der Waals surface area contributed by atoms with E-state index in [1.165, 1.54) is 48.5 Å². The minimum atomic E-state index is -1.78. The molecule has 0 saturated heterocycles. The molecule has 0 spiro atoms. The molecule has 208 valence electrons. The minimum absolute atomic E-state index is 0.0760. The molecule has 2 aliphatic heterocycles. The third-order valence-electron chi connectivity index (χ3n) is 7.23. The molecule has 0 amide bonds. The van der Waals surface area contributed by atoms with Crippen molar-refractivity contribution in [3.8, 4) is 46.0 Å². The lowest BCUT2D eigenvalue weighted by Crippen LogP contribution is -2.38. The molecule has 11 nitrogen and oxygen atoms in total. The van der Waals surface area contributed by atoms with Crippen molar-refractivity contribution in [3.05, 3.63) is 94.5 Å². The quantitative estimate of drug-likeness (QED) is 0.194. The van der Waals surface area contributed by atoms with E-state index < -0.39 is 58.6 Å². The Kier molecular flexibility index (Phi) is 5.89. The van der Waals surface area contributed by atoms with E-state index in [0.29, 0.717) is 5.56 Å². The van der Waals surface area contributed by atoms with Crippen molar-refractivity contribution in [3.63, 3.8) is 0 Å². The second-order valence-corrected chi connectivity index (χ2v) is 9.78. The second kappa shape index (κ2) is 9.35. The number of phenols is 6. The van der Waals surface area contributed by atoms with Gasteiger partial charge in [0.15, 0.2) is 18.0 Å². The summed E-state index contributed by atoms with van der Waals surface area (Å²) in [6.07, 6.45) is -4.37. The van der Waals surface area contributed by atoms with Crippen LogP contribution in [0.25, 0.3) is 0 Å². The van der Waals surface area contributed by atoms with E-state index in [1.807, 2.05) is 0 Å². The van der Waals surface area contributed by atoms with Gasteiger partial charge in [-0.2, -0.15) is 0 Å². The van der Waals surface area contributed by atoms with Gasteiger partial charge < -0.3 is 45.2 Å². The van der Waals surface area contributed by atoms with Crippen molar-refractivity contribution in [1.82, 2.24) is 0 Å². The smallest absolute Gasteiger partial charge is 0.202 e. The summed E-state index contributed by atoms with van der Waals surface area (Å²) in [6, 6.07) is 14.0. The summed E-state index contributed by atoms with van der Waals surface area (Å²) in [5.41, 5.74) is -0.418. The predicted octanol–water partition coefficient (Wildman–Crippen LogP) is 3.70. The molecular weight excluding hydrogens is 536 g/mol. The summed E-state index contributed by atoms with van der Waals surface area (Å²) < 4.78 is 12.1. The number of rotatable bonds is 3. The molecule has 0 fully saturated rings. The summed E-state index contributed by atoms with van der Waals surface area (Å²) >= 11 is 0. The number of phenolic OH excluding ortho intramolecular Hbond substituents is 6. The summed E-state index contributed by atoms with van der Waals surface area (Å²) in [4.78, 5) is 27.5. The van der Waals surface area contributed by atoms with Crippen LogP contribution in [0.5, 0.6) is 46.0 Å². The van der Waals surface area contributed by atoms with Gasteiger partial charge in [0.25, 0.3) is 0 Å². The zero-order valence-corrected chi connectivity index (χ0v) is 20.9. The number of ketones is 2. The zero-order valence-electron chi connectivity index (χ0n) is 20.9. The molecule has 6 rings (SSSR count). The second-order valence-electron chi connectivity index (χ2n) is 9.78. The Balaban J connectivity index is 1.59. The van der Waals surface area contributed by atoms with Crippen LogP contribution in [0.3, 0.4) is 0 Å².